The number of rotatable bonds is 5. The van der Waals surface area contributed by atoms with Gasteiger partial charge in [0, 0.05) is 13.5 Å². The first-order valence-electron chi connectivity index (χ1n) is 6.99. The average molecular weight is 311 g/mol. The Labute approximate surface area is 131 Å². The van der Waals surface area contributed by atoms with Crippen LogP contribution in [0.15, 0.2) is 18.2 Å². The second kappa shape index (κ2) is 9.04. The number of aryl methyl sites for hydroxylation is 1. The Bertz CT molecular complexity index is 511. The van der Waals surface area contributed by atoms with E-state index in [1.165, 1.54) is 20.8 Å². The first kappa shape index (κ1) is 19.9. The Morgan fingerprint density at radius 1 is 1.32 bits per heavy atom. The summed E-state index contributed by atoms with van der Waals surface area (Å²) in [7, 11) is 0. The molecule has 0 aliphatic heterocycles. The van der Waals surface area contributed by atoms with Crippen LogP contribution in [0.5, 0.6) is 5.75 Å². The minimum Gasteiger partial charge on any atom is -0.478 e. The molecule has 0 saturated carbocycles. The summed E-state index contributed by atoms with van der Waals surface area (Å²) in [6.07, 6.45) is 0. The number of carboxylic acid groups (broad SMARTS) is 1. The van der Waals surface area contributed by atoms with Gasteiger partial charge >= 0.3 is 11.9 Å². The Kier molecular flexibility index (Phi) is 8.19. The fourth-order valence-electron chi connectivity index (χ4n) is 1.47. The summed E-state index contributed by atoms with van der Waals surface area (Å²) in [5.74, 6) is -0.628. The molecular weight excluding hydrogens is 286 g/mol. The van der Waals surface area contributed by atoms with Crippen LogP contribution in [-0.2, 0) is 20.9 Å². The maximum absolute atomic E-state index is 10.9. The third-order valence-corrected chi connectivity index (χ3v) is 2.70. The van der Waals surface area contributed by atoms with Gasteiger partial charge in [-0.2, -0.15) is 0 Å². The highest BCUT2D eigenvalue weighted by molar-refractivity contribution is 5.76. The van der Waals surface area contributed by atoms with Crippen molar-refractivity contribution in [2.24, 2.45) is 5.73 Å². The largest absolute Gasteiger partial charge is 0.478 e. The molecule has 0 fully saturated rings. The lowest BCUT2D eigenvalue weighted by atomic mass is 10.1. The van der Waals surface area contributed by atoms with Gasteiger partial charge in [-0.25, -0.2) is 4.79 Å². The number of hydrogen-bond donors (Lipinski definition) is 2. The van der Waals surface area contributed by atoms with Crippen molar-refractivity contribution in [3.05, 3.63) is 29.3 Å². The summed E-state index contributed by atoms with van der Waals surface area (Å²) < 4.78 is 9.86. The van der Waals surface area contributed by atoms with Gasteiger partial charge in [-0.05, 0) is 44.9 Å². The predicted octanol–water partition coefficient (Wildman–Crippen LogP) is 2.27. The summed E-state index contributed by atoms with van der Waals surface area (Å²) in [5.41, 5.74) is 6.17. The first-order valence-corrected chi connectivity index (χ1v) is 6.99. The zero-order chi connectivity index (χ0) is 17.3. The van der Waals surface area contributed by atoms with Crippen LogP contribution in [0.4, 0.5) is 0 Å². The fraction of sp³-hybridized carbons (Fsp3) is 0.500. The van der Waals surface area contributed by atoms with E-state index in [1.807, 2.05) is 19.1 Å². The van der Waals surface area contributed by atoms with Crippen molar-refractivity contribution in [2.45, 2.75) is 46.8 Å². The van der Waals surface area contributed by atoms with E-state index < -0.39 is 11.6 Å². The van der Waals surface area contributed by atoms with Crippen LogP contribution in [0.3, 0.4) is 0 Å². The monoisotopic (exact) mass is 311 g/mol. The van der Waals surface area contributed by atoms with E-state index >= 15 is 0 Å². The average Bonchev–Trinajstić information content (AvgIpc) is 2.41. The van der Waals surface area contributed by atoms with E-state index in [-0.39, 0.29) is 5.97 Å². The number of hydrogen-bond acceptors (Lipinski definition) is 5. The molecule has 0 saturated heterocycles. The van der Waals surface area contributed by atoms with Crippen LogP contribution in [0, 0.1) is 6.92 Å². The van der Waals surface area contributed by atoms with Crippen LogP contribution in [0.25, 0.3) is 0 Å². The molecule has 0 radical (unpaired) electrons. The van der Waals surface area contributed by atoms with E-state index in [0.29, 0.717) is 18.9 Å². The molecule has 0 aliphatic carbocycles. The first-order chi connectivity index (χ1) is 10.1. The third kappa shape index (κ3) is 7.08. The van der Waals surface area contributed by atoms with Gasteiger partial charge in [0.15, 0.2) is 5.60 Å². The van der Waals surface area contributed by atoms with Gasteiger partial charge in [0.2, 0.25) is 0 Å². The number of carbonyl (C=O) groups excluding carboxylic acids is 1. The van der Waals surface area contributed by atoms with Gasteiger partial charge in [0.1, 0.15) is 5.75 Å². The standard InChI is InChI=1S/C12H17NO3.C4H8O2/c1-8-6-9(7-13)4-5-10(8)16-12(2,3)11(14)15;1-3-6-4(2)5/h4-6H,7,13H2,1-3H3,(H,14,15);3H2,1-2H3. The topological polar surface area (TPSA) is 98.9 Å². The molecule has 0 aromatic heterocycles. The van der Waals surface area contributed by atoms with Gasteiger partial charge in [-0.15, -0.1) is 0 Å². The summed E-state index contributed by atoms with van der Waals surface area (Å²) in [6.45, 7) is 9.02. The number of carboxylic acids is 1. The van der Waals surface area contributed by atoms with Crippen LogP contribution >= 0.6 is 0 Å². The van der Waals surface area contributed by atoms with Gasteiger partial charge in [-0.3, -0.25) is 4.79 Å². The lowest BCUT2D eigenvalue weighted by Crippen LogP contribution is -2.38. The predicted molar refractivity (Wildman–Crippen MR) is 83.7 cm³/mol. The molecule has 22 heavy (non-hydrogen) atoms. The summed E-state index contributed by atoms with van der Waals surface area (Å²) in [5, 5.41) is 8.95. The van der Waals surface area contributed by atoms with Gasteiger partial charge in [-0.1, -0.05) is 12.1 Å². The van der Waals surface area contributed by atoms with Crippen LogP contribution < -0.4 is 10.5 Å². The molecule has 3 N–H and O–H groups in total. The van der Waals surface area contributed by atoms with Gasteiger partial charge in [0.05, 0.1) is 6.61 Å². The molecule has 0 atom stereocenters. The molecule has 0 unspecified atom stereocenters. The van der Waals surface area contributed by atoms with Gasteiger partial charge in [0.25, 0.3) is 0 Å². The molecule has 1 aromatic rings. The second-order valence-electron chi connectivity index (χ2n) is 5.15. The number of benzene rings is 1. The molecule has 0 amide bonds. The second-order valence-corrected chi connectivity index (χ2v) is 5.15. The number of esters is 1. The quantitative estimate of drug-likeness (QED) is 0.809. The van der Waals surface area contributed by atoms with Crippen molar-refractivity contribution in [1.82, 2.24) is 0 Å². The smallest absolute Gasteiger partial charge is 0.347 e. The Balaban J connectivity index is 0.000000626. The molecule has 124 valence electrons. The highest BCUT2D eigenvalue weighted by Gasteiger charge is 2.29. The van der Waals surface area contributed by atoms with Crippen molar-refractivity contribution >= 4 is 11.9 Å². The van der Waals surface area contributed by atoms with Crippen LogP contribution in [0.2, 0.25) is 0 Å². The molecule has 0 heterocycles. The number of ether oxygens (including phenoxy) is 2. The Hall–Kier alpha value is -2.08. The van der Waals surface area contributed by atoms with Crippen molar-refractivity contribution in [1.29, 1.82) is 0 Å². The van der Waals surface area contributed by atoms with E-state index in [1.54, 1.807) is 13.0 Å². The highest BCUT2D eigenvalue weighted by Crippen LogP contribution is 2.23. The normalized spacial score (nSPS) is 10.3. The third-order valence-electron chi connectivity index (χ3n) is 2.70. The molecule has 6 nitrogen and oxygen atoms in total. The highest BCUT2D eigenvalue weighted by atomic mass is 16.5. The maximum atomic E-state index is 10.9. The SMILES string of the molecule is CCOC(C)=O.Cc1cc(CN)ccc1OC(C)(C)C(=O)O. The zero-order valence-electron chi connectivity index (χ0n) is 13.8. The molecule has 6 heteroatoms. The lowest BCUT2D eigenvalue weighted by Gasteiger charge is -2.22. The Morgan fingerprint density at radius 3 is 2.23 bits per heavy atom. The molecule has 0 aliphatic rings. The lowest BCUT2D eigenvalue weighted by molar-refractivity contribution is -0.152. The molecule has 1 aromatic carbocycles. The summed E-state index contributed by atoms with van der Waals surface area (Å²) in [4.78, 5) is 20.7. The van der Waals surface area contributed by atoms with Crippen molar-refractivity contribution in [3.63, 3.8) is 0 Å². The number of aliphatic carboxylic acids is 1. The number of nitrogens with two attached hydrogens (primary N) is 1. The maximum Gasteiger partial charge on any atom is 0.347 e. The van der Waals surface area contributed by atoms with Crippen molar-refractivity contribution < 1.29 is 24.2 Å². The zero-order valence-corrected chi connectivity index (χ0v) is 13.8. The molecule has 1 rings (SSSR count). The molecule has 0 spiro atoms. The van der Waals surface area contributed by atoms with Crippen molar-refractivity contribution in [3.8, 4) is 5.75 Å². The summed E-state index contributed by atoms with van der Waals surface area (Å²) >= 11 is 0. The van der Waals surface area contributed by atoms with E-state index in [0.717, 1.165) is 11.1 Å². The van der Waals surface area contributed by atoms with E-state index in [4.69, 9.17) is 15.6 Å². The Morgan fingerprint density at radius 2 is 1.91 bits per heavy atom. The minimum absolute atomic E-state index is 0.211. The minimum atomic E-state index is -1.23. The van der Waals surface area contributed by atoms with Crippen LogP contribution in [0.1, 0.15) is 38.8 Å². The number of carbonyl (C=O) groups is 2. The van der Waals surface area contributed by atoms with Crippen LogP contribution in [-0.4, -0.2) is 29.3 Å². The van der Waals surface area contributed by atoms with Gasteiger partial charge < -0.3 is 20.3 Å². The van der Waals surface area contributed by atoms with E-state index in [9.17, 15) is 9.59 Å². The molecular formula is C16H25NO5. The van der Waals surface area contributed by atoms with E-state index in [2.05, 4.69) is 4.74 Å². The van der Waals surface area contributed by atoms with Crippen molar-refractivity contribution in [2.75, 3.05) is 6.61 Å². The summed E-state index contributed by atoms with van der Waals surface area (Å²) in [6, 6.07) is 5.48. The fourth-order valence-corrected chi connectivity index (χ4v) is 1.47. The molecule has 0 bridgehead atoms.